The largest absolute Gasteiger partial charge is 0.463 e. The molecule has 0 bridgehead atoms. The first-order valence-electron chi connectivity index (χ1n) is 7.52. The minimum atomic E-state index is -1.34. The molecule has 0 aromatic rings. The third kappa shape index (κ3) is 6.22. The second-order valence-corrected chi connectivity index (χ2v) is 5.31. The van der Waals surface area contributed by atoms with Crippen LogP contribution in [0.1, 0.15) is 27.7 Å². The maximum absolute atomic E-state index is 11.5. The van der Waals surface area contributed by atoms with Crippen LogP contribution in [-0.2, 0) is 42.9 Å². The zero-order chi connectivity index (χ0) is 19.9. The highest BCUT2D eigenvalue weighted by Gasteiger charge is 2.54. The van der Waals surface area contributed by atoms with E-state index < -0.39 is 54.5 Å². The Morgan fingerprint density at radius 1 is 0.885 bits per heavy atom. The van der Waals surface area contributed by atoms with Crippen LogP contribution in [-0.4, -0.2) is 61.1 Å². The molecule has 12 nitrogen and oxygen atoms in total. The Morgan fingerprint density at radius 2 is 1.38 bits per heavy atom. The number of carbonyl (C=O) groups is 4. The number of carbonyl (C=O) groups excluding carboxylic acids is 4. The van der Waals surface area contributed by atoms with Gasteiger partial charge in [-0.15, -0.1) is 0 Å². The van der Waals surface area contributed by atoms with Gasteiger partial charge in [0, 0.05) is 27.7 Å². The van der Waals surface area contributed by atoms with Crippen LogP contribution in [0.5, 0.6) is 0 Å². The van der Waals surface area contributed by atoms with E-state index in [2.05, 4.69) is 10.0 Å². The number of esters is 4. The van der Waals surface area contributed by atoms with E-state index in [0.717, 1.165) is 27.7 Å². The number of hydrogen-bond donors (Lipinski definition) is 1. The molecule has 144 valence electrons. The average Bonchev–Trinajstić information content (AvgIpc) is 2.50. The highest BCUT2D eigenvalue weighted by molar-refractivity contribution is 5.68. The lowest BCUT2D eigenvalue weighted by atomic mass is 9.97. The summed E-state index contributed by atoms with van der Waals surface area (Å²) < 4.78 is 25.8. The molecule has 1 aliphatic rings. The number of nitrogens with zero attached hydrogens (tertiary/aromatic N) is 2. The molecule has 0 radical (unpaired) electrons. The fourth-order valence-corrected chi connectivity index (χ4v) is 2.36. The van der Waals surface area contributed by atoms with Gasteiger partial charge in [0.2, 0.25) is 4.91 Å². The van der Waals surface area contributed by atoms with E-state index >= 15 is 0 Å². The molecule has 1 N–H and O–H groups in total. The molecule has 12 heteroatoms. The Hall–Kier alpha value is -2.85. The fraction of sp³-hybridized carbons (Fsp3) is 0.714. The van der Waals surface area contributed by atoms with Gasteiger partial charge in [-0.1, -0.05) is 0 Å². The van der Waals surface area contributed by atoms with Crippen LogP contribution in [0.3, 0.4) is 0 Å². The summed E-state index contributed by atoms with van der Waals surface area (Å²) in [7, 11) is 0. The van der Waals surface area contributed by atoms with Crippen molar-refractivity contribution in [2.24, 2.45) is 5.11 Å². The maximum atomic E-state index is 11.5. The molecule has 0 unspecified atom stereocenters. The van der Waals surface area contributed by atoms with Crippen LogP contribution < -0.4 is 4.91 Å². The van der Waals surface area contributed by atoms with Crippen LogP contribution in [0.25, 0.3) is 0 Å². The van der Waals surface area contributed by atoms with Crippen LogP contribution >= 0.6 is 0 Å². The summed E-state index contributed by atoms with van der Waals surface area (Å²) in [5, 5.41) is 3.49. The Kier molecular flexibility index (Phi) is 7.81. The molecule has 1 heterocycles. The predicted octanol–water partition coefficient (Wildman–Crippen LogP) is -0.380. The highest BCUT2D eigenvalue weighted by atomic mass is 16.7. The van der Waals surface area contributed by atoms with E-state index in [1.807, 2.05) is 0 Å². The topological polar surface area (TPSA) is 165 Å². The lowest BCUT2D eigenvalue weighted by molar-refractivity contribution is -0.252. The summed E-state index contributed by atoms with van der Waals surface area (Å²) in [5.41, 5.74) is 6.88. The molecular weight excluding hydrogens is 354 g/mol. The molecule has 5 atom stereocenters. The highest BCUT2D eigenvalue weighted by Crippen LogP contribution is 2.29. The normalized spacial score (nSPS) is 27.5. The quantitative estimate of drug-likeness (QED) is 0.282. The fourth-order valence-electron chi connectivity index (χ4n) is 2.36. The molecule has 1 aliphatic heterocycles. The van der Waals surface area contributed by atoms with Crippen molar-refractivity contribution < 1.29 is 42.9 Å². The third-order valence-corrected chi connectivity index (χ3v) is 3.14. The van der Waals surface area contributed by atoms with Gasteiger partial charge in [-0.2, -0.15) is 0 Å². The van der Waals surface area contributed by atoms with Crippen LogP contribution in [0.2, 0.25) is 0 Å². The summed E-state index contributed by atoms with van der Waals surface area (Å²) in [5.74, 6) is -2.86. The first-order chi connectivity index (χ1) is 12.1. The zero-order valence-electron chi connectivity index (χ0n) is 14.7. The minimum Gasteiger partial charge on any atom is -0.463 e. The predicted molar refractivity (Wildman–Crippen MR) is 79.2 cm³/mol. The van der Waals surface area contributed by atoms with Crippen molar-refractivity contribution in [3.63, 3.8) is 0 Å². The number of hydrogen-bond acceptors (Lipinski definition) is 11. The molecule has 1 saturated heterocycles. The van der Waals surface area contributed by atoms with Crippen LogP contribution in [0, 0.1) is 5.53 Å². The summed E-state index contributed by atoms with van der Waals surface area (Å²) in [6.45, 7) is 4.13. The zero-order valence-corrected chi connectivity index (χ0v) is 14.7. The molecule has 1 rings (SSSR count). The molecule has 0 aromatic heterocycles. The van der Waals surface area contributed by atoms with Crippen LogP contribution in [0.4, 0.5) is 0 Å². The average molecular weight is 374 g/mol. The van der Waals surface area contributed by atoms with Gasteiger partial charge in [0.25, 0.3) is 6.23 Å². The van der Waals surface area contributed by atoms with Gasteiger partial charge in [0.15, 0.2) is 23.4 Å². The van der Waals surface area contributed by atoms with Gasteiger partial charge in [-0.05, 0) is 0 Å². The summed E-state index contributed by atoms with van der Waals surface area (Å²) in [6.07, 6.45) is -6.34. The number of nitrogens with one attached hydrogen (secondary N) is 1. The van der Waals surface area contributed by atoms with Crippen molar-refractivity contribution in [2.75, 3.05) is 6.61 Å². The van der Waals surface area contributed by atoms with E-state index in [9.17, 15) is 19.2 Å². The van der Waals surface area contributed by atoms with E-state index in [4.69, 9.17) is 29.2 Å². The van der Waals surface area contributed by atoms with Crippen molar-refractivity contribution in [1.29, 1.82) is 5.53 Å². The molecule has 0 spiro atoms. The van der Waals surface area contributed by atoms with Gasteiger partial charge in [0.05, 0.1) is 0 Å². The molecule has 0 aliphatic carbocycles. The molecule has 0 aromatic carbocycles. The standard InChI is InChI=1S/C14H20N3O9/c1-6(18)22-5-10-11(23-7(2)19)12(24-8(3)20)13(25-9(4)21)14(26-10)16-17-15/h10-15H,5H2,1-4H3/q+1/t10-,11-,12+,13+,14+/m1/s1. The molecule has 1 fully saturated rings. The second kappa shape index (κ2) is 9.59. The Morgan fingerprint density at radius 3 is 1.85 bits per heavy atom. The van der Waals surface area contributed by atoms with Crippen LogP contribution in [0.15, 0.2) is 5.11 Å². The summed E-state index contributed by atoms with van der Waals surface area (Å²) in [6, 6.07) is 0. The first kappa shape index (κ1) is 21.2. The molecule has 0 amide bonds. The van der Waals surface area contributed by atoms with Gasteiger partial charge < -0.3 is 23.7 Å². The maximum Gasteiger partial charge on any atom is 0.303 e. The summed E-state index contributed by atoms with van der Waals surface area (Å²) in [4.78, 5) is 48.3. The van der Waals surface area contributed by atoms with Crippen molar-refractivity contribution in [2.45, 2.75) is 58.3 Å². The second-order valence-electron chi connectivity index (χ2n) is 5.31. The number of ether oxygens (including phenoxy) is 5. The van der Waals surface area contributed by atoms with Crippen molar-refractivity contribution in [3.05, 3.63) is 0 Å². The van der Waals surface area contributed by atoms with Crippen molar-refractivity contribution in [3.8, 4) is 0 Å². The smallest absolute Gasteiger partial charge is 0.303 e. The SMILES string of the molecule is CC(=O)OC[C@H]1O[C@H](N=[N+]=N)[C@@H](OC(C)=O)[C@@H](OC(C)=O)[C@@H]1OC(C)=O. The van der Waals surface area contributed by atoms with Gasteiger partial charge in [0.1, 0.15) is 18.2 Å². The lowest BCUT2D eigenvalue weighted by Crippen LogP contribution is -2.61. The molecular formula is C14H20N3O9+. The Balaban J connectivity index is 3.28. The third-order valence-electron chi connectivity index (χ3n) is 3.14. The van der Waals surface area contributed by atoms with E-state index in [1.54, 1.807) is 0 Å². The van der Waals surface area contributed by atoms with Gasteiger partial charge in [-0.25, -0.2) is 0 Å². The molecule has 0 saturated carbocycles. The van der Waals surface area contributed by atoms with Gasteiger partial charge in [-0.3, -0.25) is 19.2 Å². The van der Waals surface area contributed by atoms with E-state index in [0.29, 0.717) is 0 Å². The Labute approximate surface area is 148 Å². The van der Waals surface area contributed by atoms with E-state index in [-0.39, 0.29) is 6.61 Å². The molecule has 26 heavy (non-hydrogen) atoms. The monoisotopic (exact) mass is 374 g/mol. The van der Waals surface area contributed by atoms with Gasteiger partial charge >= 0.3 is 23.9 Å². The summed E-state index contributed by atoms with van der Waals surface area (Å²) >= 11 is 0. The van der Waals surface area contributed by atoms with E-state index in [1.165, 1.54) is 0 Å². The first-order valence-corrected chi connectivity index (χ1v) is 7.52. The Bertz CT molecular complexity index is 617. The lowest BCUT2D eigenvalue weighted by Gasteiger charge is -2.41. The van der Waals surface area contributed by atoms with Crippen molar-refractivity contribution >= 4 is 23.9 Å². The minimum absolute atomic E-state index is 0.359. The number of rotatable bonds is 6. The van der Waals surface area contributed by atoms with Crippen molar-refractivity contribution in [1.82, 2.24) is 4.91 Å².